The lowest BCUT2D eigenvalue weighted by Gasteiger charge is -2.17. The number of aliphatic hydroxyl groups is 1. The molecule has 84 valence electrons. The van der Waals surface area contributed by atoms with Gasteiger partial charge in [-0.2, -0.15) is 0 Å². The summed E-state index contributed by atoms with van der Waals surface area (Å²) in [7, 11) is 0. The average molecular weight is 222 g/mol. The predicted octanol–water partition coefficient (Wildman–Crippen LogP) is 3.62. The van der Waals surface area contributed by atoms with Gasteiger partial charge in [0, 0.05) is 5.92 Å². The van der Waals surface area contributed by atoms with E-state index in [4.69, 9.17) is 0 Å². The maximum atomic E-state index is 10.4. The van der Waals surface area contributed by atoms with Crippen LogP contribution in [0.1, 0.15) is 11.7 Å². The largest absolute Gasteiger partial charge is 0.387 e. The fourth-order valence-corrected chi connectivity index (χ4v) is 2.38. The van der Waals surface area contributed by atoms with Gasteiger partial charge >= 0.3 is 0 Å². The molecule has 1 heteroatoms. The van der Waals surface area contributed by atoms with Gasteiger partial charge in [0.15, 0.2) is 0 Å². The summed E-state index contributed by atoms with van der Waals surface area (Å²) in [6.45, 7) is 0. The normalized spacial score (nSPS) is 16.8. The summed E-state index contributed by atoms with van der Waals surface area (Å²) >= 11 is 0. The molecule has 1 nitrogen and oxygen atoms in total. The van der Waals surface area contributed by atoms with Gasteiger partial charge in [-0.25, -0.2) is 0 Å². The number of hydrogen-bond donors (Lipinski definition) is 1. The number of hydrogen-bond acceptors (Lipinski definition) is 1. The molecule has 1 N–H and O–H groups in total. The van der Waals surface area contributed by atoms with Gasteiger partial charge < -0.3 is 5.11 Å². The van der Waals surface area contributed by atoms with Crippen molar-refractivity contribution in [3.8, 4) is 0 Å². The van der Waals surface area contributed by atoms with Crippen LogP contribution in [0.3, 0.4) is 0 Å². The molecule has 2 aromatic carbocycles. The zero-order chi connectivity index (χ0) is 11.7. The molecule has 1 atom stereocenters. The summed E-state index contributed by atoms with van der Waals surface area (Å²) in [5.74, 6) is 0.0980. The van der Waals surface area contributed by atoms with Crippen LogP contribution in [-0.4, -0.2) is 5.11 Å². The van der Waals surface area contributed by atoms with E-state index in [2.05, 4.69) is 18.2 Å². The van der Waals surface area contributed by atoms with Crippen LogP contribution in [0, 0.1) is 5.92 Å². The van der Waals surface area contributed by atoms with Crippen LogP contribution in [0.2, 0.25) is 0 Å². The van der Waals surface area contributed by atoms with E-state index < -0.39 is 6.10 Å². The van der Waals surface area contributed by atoms with Gasteiger partial charge in [0.1, 0.15) is 0 Å². The van der Waals surface area contributed by atoms with Crippen LogP contribution in [0.5, 0.6) is 0 Å². The quantitative estimate of drug-likeness (QED) is 0.822. The van der Waals surface area contributed by atoms with E-state index in [0.29, 0.717) is 0 Å². The zero-order valence-corrected chi connectivity index (χ0v) is 9.45. The third-order valence-electron chi connectivity index (χ3n) is 3.28. The second kappa shape index (κ2) is 4.19. The van der Waals surface area contributed by atoms with Crippen LogP contribution in [0.25, 0.3) is 10.8 Å². The Kier molecular flexibility index (Phi) is 2.54. The van der Waals surface area contributed by atoms with Crippen molar-refractivity contribution in [3.63, 3.8) is 0 Å². The Morgan fingerprint density at radius 3 is 2.41 bits per heavy atom. The van der Waals surface area contributed by atoms with Gasteiger partial charge in [0.05, 0.1) is 6.10 Å². The molecule has 0 spiro atoms. The molecular weight excluding hydrogens is 208 g/mol. The molecule has 0 amide bonds. The fraction of sp³-hybridized carbons (Fsp3) is 0.125. The Balaban J connectivity index is 2.10. The summed E-state index contributed by atoms with van der Waals surface area (Å²) in [4.78, 5) is 0. The number of benzene rings is 2. The van der Waals surface area contributed by atoms with E-state index >= 15 is 0 Å². The number of fused-ring (bicyclic) bond motifs is 1. The monoisotopic (exact) mass is 222 g/mol. The summed E-state index contributed by atoms with van der Waals surface area (Å²) in [6.07, 6.45) is 7.58. The predicted molar refractivity (Wildman–Crippen MR) is 70.7 cm³/mol. The molecule has 2 aromatic rings. The fourth-order valence-electron chi connectivity index (χ4n) is 2.38. The molecule has 17 heavy (non-hydrogen) atoms. The van der Waals surface area contributed by atoms with E-state index in [-0.39, 0.29) is 5.92 Å². The molecule has 0 unspecified atom stereocenters. The maximum Gasteiger partial charge on any atom is 0.0893 e. The summed E-state index contributed by atoms with van der Waals surface area (Å²) in [5, 5.41) is 12.7. The van der Waals surface area contributed by atoms with Gasteiger partial charge in [0.25, 0.3) is 0 Å². The lowest BCUT2D eigenvalue weighted by Crippen LogP contribution is -2.07. The van der Waals surface area contributed by atoms with E-state index in [9.17, 15) is 5.11 Å². The Morgan fingerprint density at radius 1 is 0.882 bits per heavy atom. The highest BCUT2D eigenvalue weighted by molar-refractivity contribution is 5.86. The van der Waals surface area contributed by atoms with E-state index in [1.807, 2.05) is 48.6 Å². The molecule has 3 rings (SSSR count). The molecule has 0 radical (unpaired) electrons. The Morgan fingerprint density at radius 2 is 1.59 bits per heavy atom. The molecule has 0 aromatic heterocycles. The second-order valence-corrected chi connectivity index (χ2v) is 4.36. The molecule has 0 bridgehead atoms. The van der Waals surface area contributed by atoms with Crippen molar-refractivity contribution in [2.75, 3.05) is 0 Å². The van der Waals surface area contributed by atoms with Gasteiger partial charge in [-0.15, -0.1) is 0 Å². The highest BCUT2D eigenvalue weighted by Crippen LogP contribution is 2.31. The molecule has 1 aliphatic rings. The number of rotatable bonds is 2. The first-order chi connectivity index (χ1) is 8.36. The van der Waals surface area contributed by atoms with Gasteiger partial charge in [-0.1, -0.05) is 66.8 Å². The highest BCUT2D eigenvalue weighted by atomic mass is 16.3. The van der Waals surface area contributed by atoms with Crippen molar-refractivity contribution in [2.45, 2.75) is 6.10 Å². The summed E-state index contributed by atoms with van der Waals surface area (Å²) < 4.78 is 0. The lowest BCUT2D eigenvalue weighted by atomic mass is 9.93. The minimum Gasteiger partial charge on any atom is -0.387 e. The number of aliphatic hydroxyl groups excluding tert-OH is 1. The van der Waals surface area contributed by atoms with E-state index in [1.54, 1.807) is 0 Å². The lowest BCUT2D eigenvalue weighted by molar-refractivity contribution is 0.153. The van der Waals surface area contributed by atoms with Crippen LogP contribution in [0.15, 0.2) is 66.8 Å². The van der Waals surface area contributed by atoms with Crippen LogP contribution >= 0.6 is 0 Å². The third-order valence-corrected chi connectivity index (χ3v) is 3.28. The first kappa shape index (κ1) is 10.3. The average Bonchev–Trinajstić information content (AvgIpc) is 2.91. The van der Waals surface area contributed by atoms with Crippen molar-refractivity contribution in [3.05, 3.63) is 72.3 Å². The Labute approximate surface area is 101 Å². The van der Waals surface area contributed by atoms with Crippen molar-refractivity contribution in [2.24, 2.45) is 5.92 Å². The standard InChI is InChI=1S/C16H14O/c17-16(13-7-1-2-8-13)15-11-5-9-12-6-3-4-10-14(12)15/h1-11,13,16-17H/t16-/m0/s1. The third kappa shape index (κ3) is 1.79. The van der Waals surface area contributed by atoms with Crippen molar-refractivity contribution >= 4 is 10.8 Å². The first-order valence-electron chi connectivity index (χ1n) is 5.87. The van der Waals surface area contributed by atoms with Gasteiger partial charge in [-0.3, -0.25) is 0 Å². The Hall–Kier alpha value is -1.86. The molecule has 1 aliphatic carbocycles. The topological polar surface area (TPSA) is 20.2 Å². The van der Waals surface area contributed by atoms with Crippen LogP contribution in [0.4, 0.5) is 0 Å². The molecule has 0 aliphatic heterocycles. The van der Waals surface area contributed by atoms with E-state index in [0.717, 1.165) is 10.9 Å². The number of allylic oxidation sites excluding steroid dienone is 2. The first-order valence-corrected chi connectivity index (χ1v) is 5.87. The summed E-state index contributed by atoms with van der Waals surface area (Å²) in [6, 6.07) is 14.3. The zero-order valence-electron chi connectivity index (χ0n) is 9.45. The smallest absolute Gasteiger partial charge is 0.0893 e. The Bertz CT molecular complexity index is 578. The summed E-state index contributed by atoms with van der Waals surface area (Å²) in [5.41, 5.74) is 1.00. The molecule has 0 saturated heterocycles. The maximum absolute atomic E-state index is 10.4. The van der Waals surface area contributed by atoms with Crippen molar-refractivity contribution in [1.82, 2.24) is 0 Å². The van der Waals surface area contributed by atoms with Crippen LogP contribution < -0.4 is 0 Å². The van der Waals surface area contributed by atoms with Gasteiger partial charge in [0.2, 0.25) is 0 Å². The van der Waals surface area contributed by atoms with Crippen molar-refractivity contribution < 1.29 is 5.11 Å². The highest BCUT2D eigenvalue weighted by Gasteiger charge is 2.19. The van der Waals surface area contributed by atoms with Gasteiger partial charge in [-0.05, 0) is 16.3 Å². The molecule has 0 heterocycles. The second-order valence-electron chi connectivity index (χ2n) is 4.36. The molecule has 0 saturated carbocycles. The van der Waals surface area contributed by atoms with Crippen LogP contribution in [-0.2, 0) is 0 Å². The van der Waals surface area contributed by atoms with E-state index in [1.165, 1.54) is 5.39 Å². The minimum absolute atomic E-state index is 0.0980. The van der Waals surface area contributed by atoms with Crippen molar-refractivity contribution in [1.29, 1.82) is 0 Å². The molecule has 0 fully saturated rings. The molecular formula is C16H14O. The minimum atomic E-state index is -0.462. The SMILES string of the molecule is O[C@H](c1cccc2ccccc12)C1C=CC=C1.